The predicted molar refractivity (Wildman–Crippen MR) is 45.7 cm³/mol. The van der Waals surface area contributed by atoms with E-state index in [1.807, 2.05) is 0 Å². The molecular formula is C9H5NO3. The molecule has 0 bridgehead atoms. The van der Waals surface area contributed by atoms with Gasteiger partial charge in [-0.05, 0) is 18.2 Å². The summed E-state index contributed by atoms with van der Waals surface area (Å²) in [4.78, 5) is 25.4. The van der Waals surface area contributed by atoms with Gasteiger partial charge in [-0.15, -0.1) is 0 Å². The predicted octanol–water partition coefficient (Wildman–Crippen LogP) is 1.00. The molecule has 0 radical (unpaired) electrons. The van der Waals surface area contributed by atoms with Crippen LogP contribution < -0.4 is 5.63 Å². The first-order chi connectivity index (χ1) is 6.31. The summed E-state index contributed by atoms with van der Waals surface area (Å²) in [5, 5.41) is 0.326. The van der Waals surface area contributed by atoms with Crippen LogP contribution in [0, 0.1) is 0 Å². The minimum absolute atomic E-state index is 0.326. The highest BCUT2D eigenvalue weighted by molar-refractivity contribution is 5.85. The maximum absolute atomic E-state index is 11.1. The van der Waals surface area contributed by atoms with Crippen LogP contribution in [0.3, 0.4) is 0 Å². The SMILES string of the molecule is O=Cc1ccc2ncoc(=O)c2c1. The summed E-state index contributed by atoms with van der Waals surface area (Å²) in [7, 11) is 0. The third kappa shape index (κ3) is 1.22. The van der Waals surface area contributed by atoms with Gasteiger partial charge in [0.2, 0.25) is 0 Å². The van der Waals surface area contributed by atoms with E-state index in [-0.39, 0.29) is 0 Å². The van der Waals surface area contributed by atoms with Gasteiger partial charge < -0.3 is 4.42 Å². The molecule has 0 aliphatic carbocycles. The number of aromatic nitrogens is 1. The van der Waals surface area contributed by atoms with E-state index in [1.54, 1.807) is 12.1 Å². The summed E-state index contributed by atoms with van der Waals surface area (Å²) < 4.78 is 4.56. The van der Waals surface area contributed by atoms with Gasteiger partial charge in [0.25, 0.3) is 0 Å². The van der Waals surface area contributed by atoms with E-state index < -0.39 is 5.63 Å². The summed E-state index contributed by atoms with van der Waals surface area (Å²) in [6.07, 6.45) is 1.76. The van der Waals surface area contributed by atoms with Crippen LogP contribution >= 0.6 is 0 Å². The molecule has 1 heterocycles. The molecule has 0 atom stereocenters. The highest BCUT2D eigenvalue weighted by Crippen LogP contribution is 2.07. The lowest BCUT2D eigenvalue weighted by molar-refractivity contribution is 0.112. The average Bonchev–Trinajstić information content (AvgIpc) is 2.18. The van der Waals surface area contributed by atoms with Crippen molar-refractivity contribution < 1.29 is 9.21 Å². The van der Waals surface area contributed by atoms with Gasteiger partial charge in [-0.1, -0.05) is 0 Å². The lowest BCUT2D eigenvalue weighted by Gasteiger charge is -1.93. The fraction of sp³-hybridized carbons (Fsp3) is 0. The first-order valence-corrected chi connectivity index (χ1v) is 3.64. The molecule has 0 N–H and O–H groups in total. The lowest BCUT2D eigenvalue weighted by atomic mass is 10.2. The van der Waals surface area contributed by atoms with Crippen LogP contribution in [0.4, 0.5) is 0 Å². The van der Waals surface area contributed by atoms with Crippen LogP contribution in [0.2, 0.25) is 0 Å². The molecule has 2 aromatic rings. The van der Waals surface area contributed by atoms with Crippen LogP contribution in [0.25, 0.3) is 10.9 Å². The Kier molecular flexibility index (Phi) is 1.66. The summed E-state index contributed by atoms with van der Waals surface area (Å²) in [6, 6.07) is 4.67. The molecule has 0 aliphatic heterocycles. The van der Waals surface area contributed by atoms with Crippen LogP contribution in [0.1, 0.15) is 10.4 Å². The van der Waals surface area contributed by atoms with Crippen molar-refractivity contribution in [3.05, 3.63) is 40.6 Å². The molecule has 0 spiro atoms. The molecular weight excluding hydrogens is 170 g/mol. The number of carbonyl (C=O) groups excluding carboxylic acids is 1. The van der Waals surface area contributed by atoms with Gasteiger partial charge in [0.1, 0.15) is 6.29 Å². The zero-order chi connectivity index (χ0) is 9.26. The van der Waals surface area contributed by atoms with E-state index in [0.717, 1.165) is 6.39 Å². The van der Waals surface area contributed by atoms with E-state index in [9.17, 15) is 9.59 Å². The van der Waals surface area contributed by atoms with Crippen molar-refractivity contribution in [2.45, 2.75) is 0 Å². The molecule has 0 fully saturated rings. The normalized spacial score (nSPS) is 10.2. The van der Waals surface area contributed by atoms with Gasteiger partial charge in [-0.2, -0.15) is 0 Å². The lowest BCUT2D eigenvalue weighted by Crippen LogP contribution is -2.00. The average molecular weight is 175 g/mol. The van der Waals surface area contributed by atoms with Crippen LogP contribution in [0.5, 0.6) is 0 Å². The number of aldehydes is 1. The Hall–Kier alpha value is -1.97. The molecule has 1 aromatic heterocycles. The van der Waals surface area contributed by atoms with E-state index in [0.29, 0.717) is 22.8 Å². The van der Waals surface area contributed by atoms with Gasteiger partial charge >= 0.3 is 5.63 Å². The molecule has 0 aliphatic rings. The molecule has 0 unspecified atom stereocenters. The number of hydrogen-bond donors (Lipinski definition) is 0. The van der Waals surface area contributed by atoms with Crippen molar-refractivity contribution in [3.8, 4) is 0 Å². The molecule has 13 heavy (non-hydrogen) atoms. The summed E-state index contributed by atoms with van der Waals surface area (Å²) in [5.74, 6) is 0. The summed E-state index contributed by atoms with van der Waals surface area (Å²) >= 11 is 0. The summed E-state index contributed by atoms with van der Waals surface area (Å²) in [5.41, 5.74) is 0.489. The van der Waals surface area contributed by atoms with Crippen LogP contribution in [-0.4, -0.2) is 11.3 Å². The van der Waals surface area contributed by atoms with E-state index in [1.165, 1.54) is 6.07 Å². The fourth-order valence-corrected chi connectivity index (χ4v) is 1.10. The highest BCUT2D eigenvalue weighted by Gasteiger charge is 2.00. The van der Waals surface area contributed by atoms with Crippen LogP contribution in [0.15, 0.2) is 33.8 Å². The standard InChI is InChI=1S/C9H5NO3/c11-4-6-1-2-8-7(3-6)9(12)13-5-10-8/h1-5H. The van der Waals surface area contributed by atoms with E-state index >= 15 is 0 Å². The molecule has 4 heteroatoms. The highest BCUT2D eigenvalue weighted by atomic mass is 16.4. The first kappa shape index (κ1) is 7.67. The van der Waals surface area contributed by atoms with Gasteiger partial charge in [0.15, 0.2) is 6.39 Å². The van der Waals surface area contributed by atoms with Crippen molar-refractivity contribution in [2.75, 3.05) is 0 Å². The maximum Gasteiger partial charge on any atom is 0.346 e. The third-order valence-electron chi connectivity index (χ3n) is 1.73. The Morgan fingerprint density at radius 2 is 2.23 bits per heavy atom. The second kappa shape index (κ2) is 2.82. The van der Waals surface area contributed by atoms with Gasteiger partial charge in [-0.3, -0.25) is 4.79 Å². The second-order valence-corrected chi connectivity index (χ2v) is 2.53. The third-order valence-corrected chi connectivity index (χ3v) is 1.73. The number of benzene rings is 1. The molecule has 4 nitrogen and oxygen atoms in total. The Morgan fingerprint density at radius 3 is 3.00 bits per heavy atom. The van der Waals surface area contributed by atoms with Crippen LogP contribution in [-0.2, 0) is 0 Å². The zero-order valence-electron chi connectivity index (χ0n) is 6.56. The van der Waals surface area contributed by atoms with E-state index in [4.69, 9.17) is 0 Å². The summed E-state index contributed by atoms with van der Waals surface area (Å²) in [6.45, 7) is 0. The number of rotatable bonds is 1. The zero-order valence-corrected chi connectivity index (χ0v) is 6.56. The largest absolute Gasteiger partial charge is 0.411 e. The number of hydrogen-bond acceptors (Lipinski definition) is 4. The van der Waals surface area contributed by atoms with Crippen molar-refractivity contribution in [3.63, 3.8) is 0 Å². The van der Waals surface area contributed by atoms with Crippen molar-refractivity contribution in [1.29, 1.82) is 0 Å². The van der Waals surface area contributed by atoms with Crippen molar-refractivity contribution in [2.24, 2.45) is 0 Å². The molecule has 64 valence electrons. The topological polar surface area (TPSA) is 60.2 Å². The molecule has 0 amide bonds. The fourth-order valence-electron chi connectivity index (χ4n) is 1.10. The quantitative estimate of drug-likeness (QED) is 0.606. The van der Waals surface area contributed by atoms with Gasteiger partial charge in [-0.25, -0.2) is 9.78 Å². The van der Waals surface area contributed by atoms with Gasteiger partial charge in [0.05, 0.1) is 10.9 Å². The minimum Gasteiger partial charge on any atom is -0.411 e. The molecule has 1 aromatic carbocycles. The first-order valence-electron chi connectivity index (χ1n) is 3.64. The molecule has 0 saturated carbocycles. The Bertz CT molecular complexity index is 515. The number of fused-ring (bicyclic) bond motifs is 1. The monoisotopic (exact) mass is 175 g/mol. The maximum atomic E-state index is 11.1. The Labute approximate surface area is 72.8 Å². The second-order valence-electron chi connectivity index (χ2n) is 2.53. The molecule has 0 saturated heterocycles. The number of carbonyl (C=O) groups is 1. The minimum atomic E-state index is -0.478. The van der Waals surface area contributed by atoms with E-state index in [2.05, 4.69) is 9.40 Å². The molecule has 2 rings (SSSR count). The van der Waals surface area contributed by atoms with Crippen molar-refractivity contribution >= 4 is 17.2 Å². The Balaban J connectivity index is 2.90. The number of nitrogens with zero attached hydrogens (tertiary/aromatic N) is 1. The van der Waals surface area contributed by atoms with Gasteiger partial charge in [0, 0.05) is 5.56 Å². The smallest absolute Gasteiger partial charge is 0.346 e. The van der Waals surface area contributed by atoms with Crippen molar-refractivity contribution in [1.82, 2.24) is 4.98 Å². The Morgan fingerprint density at radius 1 is 1.38 bits per heavy atom.